The Morgan fingerprint density at radius 3 is 1.78 bits per heavy atom. The van der Waals surface area contributed by atoms with E-state index in [4.69, 9.17) is 4.74 Å². The number of hydrogen-bond acceptors (Lipinski definition) is 1. The highest BCUT2D eigenvalue weighted by Crippen LogP contribution is 2.57. The van der Waals surface area contributed by atoms with Crippen LogP contribution in [0.25, 0.3) is 54.9 Å². The van der Waals surface area contributed by atoms with Crippen molar-refractivity contribution >= 4 is 21.5 Å². The minimum Gasteiger partial charge on any atom is -0.456 e. The molecule has 1 aliphatic heterocycles. The Hall–Kier alpha value is -5.92. The van der Waals surface area contributed by atoms with Gasteiger partial charge in [0.2, 0.25) is 0 Å². The Morgan fingerprint density at radius 1 is 0.370 bits per heavy atom. The Morgan fingerprint density at radius 2 is 1.00 bits per heavy atom. The molecule has 0 N–H and O–H groups in total. The van der Waals surface area contributed by atoms with Crippen LogP contribution in [0.3, 0.4) is 0 Å². The minimum absolute atomic E-state index is 0.431. The average molecular weight is 585 g/mol. The van der Waals surface area contributed by atoms with Gasteiger partial charge >= 0.3 is 0 Å². The van der Waals surface area contributed by atoms with E-state index in [1.54, 1.807) is 0 Å². The van der Waals surface area contributed by atoms with Gasteiger partial charge in [-0.25, -0.2) is 0 Å². The van der Waals surface area contributed by atoms with Gasteiger partial charge in [-0.2, -0.15) is 0 Å². The molecule has 214 valence electrons. The van der Waals surface area contributed by atoms with E-state index in [0.717, 1.165) is 17.1 Å². The fourth-order valence-electron chi connectivity index (χ4n) is 8.18. The van der Waals surface area contributed by atoms with Gasteiger partial charge in [-0.3, -0.25) is 0 Å². The third-order valence-corrected chi connectivity index (χ3v) is 10.1. The van der Waals surface area contributed by atoms with Crippen molar-refractivity contribution in [2.24, 2.45) is 0 Å². The summed E-state index contributed by atoms with van der Waals surface area (Å²) in [5, 5.41) is 4.78. The van der Waals surface area contributed by atoms with Crippen LogP contribution >= 0.6 is 0 Å². The van der Waals surface area contributed by atoms with Crippen LogP contribution in [0.4, 0.5) is 0 Å². The molecule has 0 saturated carbocycles. The quantitative estimate of drug-likeness (QED) is 0.201. The predicted octanol–water partition coefficient (Wildman–Crippen LogP) is 11.8. The first kappa shape index (κ1) is 25.4. The van der Waals surface area contributed by atoms with Crippen molar-refractivity contribution in [3.63, 3.8) is 0 Å². The van der Waals surface area contributed by atoms with E-state index in [1.807, 2.05) is 0 Å². The third kappa shape index (κ3) is 3.40. The molecule has 46 heavy (non-hydrogen) atoms. The summed E-state index contributed by atoms with van der Waals surface area (Å²) in [6.45, 7) is 0. The monoisotopic (exact) mass is 584 g/mol. The molecule has 8 aromatic rings. The zero-order chi connectivity index (χ0) is 30.2. The normalized spacial score (nSPS) is 13.6. The van der Waals surface area contributed by atoms with Crippen LogP contribution < -0.4 is 4.74 Å². The molecule has 0 bridgehead atoms. The lowest BCUT2D eigenvalue weighted by Gasteiger charge is -2.34. The van der Waals surface area contributed by atoms with E-state index in [9.17, 15) is 0 Å². The lowest BCUT2D eigenvalue weighted by Crippen LogP contribution is -2.28. The minimum atomic E-state index is -0.431. The van der Waals surface area contributed by atoms with Crippen LogP contribution in [0.15, 0.2) is 170 Å². The third-order valence-electron chi connectivity index (χ3n) is 10.1. The molecule has 0 spiro atoms. The summed E-state index contributed by atoms with van der Waals surface area (Å²) in [4.78, 5) is 0. The molecule has 1 heterocycles. The van der Waals surface area contributed by atoms with Crippen molar-refractivity contribution in [1.82, 2.24) is 0 Å². The Balaban J connectivity index is 1.23. The molecule has 10 rings (SSSR count). The molecule has 2 aliphatic rings. The maximum Gasteiger partial charge on any atom is 0.135 e. The van der Waals surface area contributed by atoms with Gasteiger partial charge in [-0.05, 0) is 90.5 Å². The number of hydrogen-bond donors (Lipinski definition) is 0. The molecule has 1 heteroatoms. The SMILES string of the molecule is c1ccc(C2(c3ccccc3)c3ccccc3-c3ccc(-c4ccc5c6c(cccc46)-c4cc6ccccc6cc4O5)cc32)cc1. The molecule has 8 aromatic carbocycles. The van der Waals surface area contributed by atoms with Crippen LogP contribution in [-0.2, 0) is 5.41 Å². The molecule has 0 radical (unpaired) electrons. The second-order valence-corrected chi connectivity index (χ2v) is 12.4. The van der Waals surface area contributed by atoms with Crippen molar-refractivity contribution in [2.45, 2.75) is 5.41 Å². The lowest BCUT2D eigenvalue weighted by atomic mass is 9.67. The van der Waals surface area contributed by atoms with Gasteiger partial charge in [-0.1, -0.05) is 146 Å². The first-order valence-electron chi connectivity index (χ1n) is 15.9. The van der Waals surface area contributed by atoms with E-state index < -0.39 is 5.41 Å². The molecule has 1 aliphatic carbocycles. The van der Waals surface area contributed by atoms with Gasteiger partial charge in [0.15, 0.2) is 0 Å². The molecule has 1 nitrogen and oxygen atoms in total. The van der Waals surface area contributed by atoms with Crippen molar-refractivity contribution in [1.29, 1.82) is 0 Å². The highest BCUT2D eigenvalue weighted by Gasteiger charge is 2.46. The smallest absolute Gasteiger partial charge is 0.135 e. The summed E-state index contributed by atoms with van der Waals surface area (Å²) in [6, 6.07) is 62.1. The standard InChI is InChI=1S/C45H28O/c1-3-14-32(15-4-1)45(33-16-5-2-6-17-33)40-21-10-9-18-35(40)36-23-22-31(27-41(36)45)34-24-25-42-44-37(34)19-11-20-38(44)39-26-29-12-7-8-13-30(29)28-43(39)46-42/h1-28H. The predicted molar refractivity (Wildman–Crippen MR) is 190 cm³/mol. The first-order chi connectivity index (χ1) is 22.8. The van der Waals surface area contributed by atoms with Crippen molar-refractivity contribution in [3.05, 3.63) is 192 Å². The zero-order valence-corrected chi connectivity index (χ0v) is 25.1. The van der Waals surface area contributed by atoms with Crippen molar-refractivity contribution in [2.75, 3.05) is 0 Å². The molecule has 0 aromatic heterocycles. The van der Waals surface area contributed by atoms with Gasteiger partial charge < -0.3 is 4.74 Å². The van der Waals surface area contributed by atoms with Gasteiger partial charge in [-0.15, -0.1) is 0 Å². The Labute approximate surface area is 268 Å². The first-order valence-corrected chi connectivity index (χ1v) is 15.9. The Kier molecular flexibility index (Phi) is 5.27. The number of ether oxygens (including phenoxy) is 1. The maximum atomic E-state index is 6.61. The van der Waals surface area contributed by atoms with Crippen molar-refractivity contribution < 1.29 is 4.74 Å². The average Bonchev–Trinajstić information content (AvgIpc) is 3.42. The fraction of sp³-hybridized carbons (Fsp3) is 0.0222. The molecular formula is C45H28O. The second-order valence-electron chi connectivity index (χ2n) is 12.4. The lowest BCUT2D eigenvalue weighted by molar-refractivity contribution is 0.488. The molecular weight excluding hydrogens is 556 g/mol. The molecule has 0 saturated heterocycles. The summed E-state index contributed by atoms with van der Waals surface area (Å²) in [5.74, 6) is 1.82. The van der Waals surface area contributed by atoms with E-state index in [-0.39, 0.29) is 0 Å². The number of benzene rings is 8. The van der Waals surface area contributed by atoms with Crippen LogP contribution in [0.2, 0.25) is 0 Å². The van der Waals surface area contributed by atoms with Gasteiger partial charge in [0.1, 0.15) is 11.5 Å². The number of fused-ring (bicyclic) bond motifs is 6. The van der Waals surface area contributed by atoms with Crippen LogP contribution in [0, 0.1) is 0 Å². The highest BCUT2D eigenvalue weighted by atomic mass is 16.5. The largest absolute Gasteiger partial charge is 0.456 e. The van der Waals surface area contributed by atoms with E-state index in [1.165, 1.54) is 71.6 Å². The second kappa shape index (κ2) is 9.54. The van der Waals surface area contributed by atoms with E-state index >= 15 is 0 Å². The van der Waals surface area contributed by atoms with Crippen molar-refractivity contribution in [3.8, 4) is 44.9 Å². The molecule has 0 atom stereocenters. The molecule has 0 fully saturated rings. The highest BCUT2D eigenvalue weighted by molar-refractivity contribution is 6.11. The summed E-state index contributed by atoms with van der Waals surface area (Å²) < 4.78 is 6.61. The summed E-state index contributed by atoms with van der Waals surface area (Å²) >= 11 is 0. The van der Waals surface area contributed by atoms with Gasteiger partial charge in [0.25, 0.3) is 0 Å². The summed E-state index contributed by atoms with van der Waals surface area (Å²) in [7, 11) is 0. The molecule has 0 amide bonds. The van der Waals surface area contributed by atoms with Gasteiger partial charge in [0.05, 0.1) is 5.41 Å². The molecule has 0 unspecified atom stereocenters. The van der Waals surface area contributed by atoms with Gasteiger partial charge in [0, 0.05) is 10.9 Å². The fourth-order valence-corrected chi connectivity index (χ4v) is 8.18. The summed E-state index contributed by atoms with van der Waals surface area (Å²) in [5.41, 5.74) is 12.1. The van der Waals surface area contributed by atoms with E-state index in [2.05, 4.69) is 170 Å². The van der Waals surface area contributed by atoms with Crippen LogP contribution in [-0.4, -0.2) is 0 Å². The topological polar surface area (TPSA) is 9.23 Å². The van der Waals surface area contributed by atoms with Crippen LogP contribution in [0.1, 0.15) is 22.3 Å². The maximum absolute atomic E-state index is 6.61. The summed E-state index contributed by atoms with van der Waals surface area (Å²) in [6.07, 6.45) is 0. The number of rotatable bonds is 3. The Bertz CT molecular complexity index is 2450. The van der Waals surface area contributed by atoms with E-state index in [0.29, 0.717) is 0 Å². The zero-order valence-electron chi connectivity index (χ0n) is 25.1. The van der Waals surface area contributed by atoms with Crippen LogP contribution in [0.5, 0.6) is 11.5 Å².